The minimum Gasteiger partial charge on any atom is -0.454 e. The lowest BCUT2D eigenvalue weighted by Gasteiger charge is -2.25. The van der Waals surface area contributed by atoms with Crippen molar-refractivity contribution in [1.29, 1.82) is 0 Å². The van der Waals surface area contributed by atoms with Gasteiger partial charge in [-0.25, -0.2) is 4.68 Å². The minimum absolute atomic E-state index is 0.0900. The maximum absolute atomic E-state index is 14.1. The third kappa shape index (κ3) is 5.13. The zero-order chi connectivity index (χ0) is 24.5. The Balaban J connectivity index is 1.69. The summed E-state index contributed by atoms with van der Waals surface area (Å²) in [6, 6.07) is 10.9. The molecule has 1 aliphatic heterocycles. The van der Waals surface area contributed by atoms with Gasteiger partial charge < -0.3 is 19.3 Å². The quantitative estimate of drug-likeness (QED) is 0.485. The number of rotatable bonds is 7. The largest absolute Gasteiger partial charge is 0.454 e. The zero-order valence-electron chi connectivity index (χ0n) is 18.5. The number of hydrogen-bond acceptors (Lipinski definition) is 5. The summed E-state index contributed by atoms with van der Waals surface area (Å²) in [7, 11) is 3.64. The van der Waals surface area contributed by atoms with E-state index in [9.17, 15) is 18.0 Å². The number of ether oxygens (including phenoxy) is 2. The van der Waals surface area contributed by atoms with Gasteiger partial charge in [0, 0.05) is 24.7 Å². The molecule has 2 aromatic carbocycles. The maximum Gasteiger partial charge on any atom is 0.434 e. The molecule has 0 aliphatic carbocycles. The lowest BCUT2D eigenvalue weighted by molar-refractivity contribution is -0.143. The van der Waals surface area contributed by atoms with Crippen molar-refractivity contribution in [2.45, 2.75) is 12.7 Å². The third-order valence-electron chi connectivity index (χ3n) is 5.25. The Hall–Kier alpha value is -3.24. The molecule has 4 rings (SSSR count). The van der Waals surface area contributed by atoms with Crippen LogP contribution in [0.25, 0.3) is 5.69 Å². The maximum atomic E-state index is 14.1. The molecule has 2 heterocycles. The second-order valence-corrected chi connectivity index (χ2v) is 8.45. The average Bonchev–Trinajstić information content (AvgIpc) is 3.43. The van der Waals surface area contributed by atoms with Crippen molar-refractivity contribution < 1.29 is 27.4 Å². The van der Waals surface area contributed by atoms with Crippen molar-refractivity contribution in [3.8, 4) is 17.2 Å². The Morgan fingerprint density at radius 1 is 1.09 bits per heavy atom. The normalized spacial score (nSPS) is 12.9. The molecular weight excluding hydrogens is 473 g/mol. The molecule has 0 unspecified atom stereocenters. The molecule has 0 bridgehead atoms. The van der Waals surface area contributed by atoms with Crippen LogP contribution in [0.15, 0.2) is 48.7 Å². The summed E-state index contributed by atoms with van der Waals surface area (Å²) in [5.41, 5.74) is -0.816. The number of amides is 1. The van der Waals surface area contributed by atoms with Gasteiger partial charge in [-0.1, -0.05) is 17.7 Å². The van der Waals surface area contributed by atoms with Crippen LogP contribution in [-0.4, -0.2) is 59.5 Å². The van der Waals surface area contributed by atoms with Gasteiger partial charge >= 0.3 is 6.18 Å². The molecule has 180 valence electrons. The van der Waals surface area contributed by atoms with Crippen LogP contribution in [0.5, 0.6) is 11.5 Å². The van der Waals surface area contributed by atoms with Crippen molar-refractivity contribution in [3.05, 3.63) is 70.5 Å². The highest BCUT2D eigenvalue weighted by Gasteiger charge is 2.41. The second kappa shape index (κ2) is 9.55. The van der Waals surface area contributed by atoms with E-state index in [1.807, 2.05) is 19.0 Å². The molecule has 34 heavy (non-hydrogen) atoms. The minimum atomic E-state index is -4.81. The number of halogens is 4. The molecule has 0 atom stereocenters. The molecule has 0 saturated heterocycles. The summed E-state index contributed by atoms with van der Waals surface area (Å²) in [5, 5.41) is 4.27. The van der Waals surface area contributed by atoms with Crippen LogP contribution in [0.3, 0.4) is 0 Å². The SMILES string of the molecule is CN(C)CCN(Cc1ccc2c(c1)OCO2)C(=O)c1cnn(-c2ccc(Cl)cc2)c1C(F)(F)F. The van der Waals surface area contributed by atoms with Gasteiger partial charge in [-0.15, -0.1) is 0 Å². The van der Waals surface area contributed by atoms with Crippen LogP contribution in [0.1, 0.15) is 21.6 Å². The number of fused-ring (bicyclic) bond motifs is 1. The smallest absolute Gasteiger partial charge is 0.434 e. The van der Waals surface area contributed by atoms with Gasteiger partial charge in [0.15, 0.2) is 17.2 Å². The number of carbonyl (C=O) groups is 1. The molecular formula is C23H22ClF3N4O3. The van der Waals surface area contributed by atoms with E-state index in [1.165, 1.54) is 29.2 Å². The van der Waals surface area contributed by atoms with E-state index in [1.54, 1.807) is 18.2 Å². The van der Waals surface area contributed by atoms with Crippen LogP contribution < -0.4 is 9.47 Å². The fraction of sp³-hybridized carbons (Fsp3) is 0.304. The number of hydrogen-bond donors (Lipinski definition) is 0. The van der Waals surface area contributed by atoms with Crippen molar-refractivity contribution in [1.82, 2.24) is 19.6 Å². The topological polar surface area (TPSA) is 59.8 Å². The standard InChI is InChI=1S/C23H22ClF3N4O3/c1-29(2)9-10-30(13-15-3-8-19-20(11-15)34-14-33-19)22(32)18-12-28-31(21(18)23(25,26)27)17-6-4-16(24)5-7-17/h3-8,11-12H,9-10,13-14H2,1-2H3. The lowest BCUT2D eigenvalue weighted by atomic mass is 10.1. The third-order valence-corrected chi connectivity index (χ3v) is 5.51. The van der Waals surface area contributed by atoms with E-state index in [0.29, 0.717) is 33.3 Å². The summed E-state index contributed by atoms with van der Waals surface area (Å²) in [5.74, 6) is 0.342. The number of nitrogens with zero attached hydrogens (tertiary/aromatic N) is 4. The number of likely N-dealkylation sites (N-methyl/N-ethyl adjacent to an activating group) is 1. The molecule has 0 spiro atoms. The Morgan fingerprint density at radius 2 is 1.79 bits per heavy atom. The first-order valence-corrected chi connectivity index (χ1v) is 10.7. The van der Waals surface area contributed by atoms with Crippen LogP contribution in [0.4, 0.5) is 13.2 Å². The number of alkyl halides is 3. The van der Waals surface area contributed by atoms with Gasteiger partial charge in [0.1, 0.15) is 0 Å². The molecule has 0 fully saturated rings. The summed E-state index contributed by atoms with van der Waals surface area (Å²) in [6.07, 6.45) is -3.85. The van der Waals surface area contributed by atoms with Gasteiger partial charge in [0.25, 0.3) is 5.91 Å². The van der Waals surface area contributed by atoms with Crippen LogP contribution in [0, 0.1) is 0 Å². The molecule has 0 N–H and O–H groups in total. The van der Waals surface area contributed by atoms with Crippen LogP contribution in [-0.2, 0) is 12.7 Å². The Morgan fingerprint density at radius 3 is 2.47 bits per heavy atom. The van der Waals surface area contributed by atoms with E-state index < -0.39 is 23.3 Å². The van der Waals surface area contributed by atoms with Gasteiger partial charge in [0.05, 0.1) is 17.4 Å². The predicted octanol–water partition coefficient (Wildman–Crippen LogP) is 4.48. The van der Waals surface area contributed by atoms with Gasteiger partial charge in [-0.05, 0) is 56.1 Å². The molecule has 1 aliphatic rings. The number of aromatic nitrogens is 2. The summed E-state index contributed by atoms with van der Waals surface area (Å²) >= 11 is 5.87. The highest BCUT2D eigenvalue weighted by Crippen LogP contribution is 2.35. The summed E-state index contributed by atoms with van der Waals surface area (Å²) < 4.78 is 53.8. The highest BCUT2D eigenvalue weighted by molar-refractivity contribution is 6.30. The zero-order valence-corrected chi connectivity index (χ0v) is 19.2. The van der Waals surface area contributed by atoms with Gasteiger partial charge in [0.2, 0.25) is 6.79 Å². The fourth-order valence-electron chi connectivity index (χ4n) is 3.56. The first-order valence-electron chi connectivity index (χ1n) is 10.4. The molecule has 0 radical (unpaired) electrons. The van der Waals surface area contributed by atoms with Gasteiger partial charge in [-0.2, -0.15) is 18.3 Å². The van der Waals surface area contributed by atoms with Crippen LogP contribution in [0.2, 0.25) is 5.02 Å². The Kier molecular flexibility index (Phi) is 6.72. The molecule has 7 nitrogen and oxygen atoms in total. The first kappa shape index (κ1) is 23.9. The Bertz CT molecular complexity index is 1180. The molecule has 1 amide bonds. The molecule has 1 aromatic heterocycles. The molecule has 3 aromatic rings. The average molecular weight is 495 g/mol. The fourth-order valence-corrected chi connectivity index (χ4v) is 3.68. The number of carbonyl (C=O) groups excluding carboxylic acids is 1. The van der Waals surface area contributed by atoms with E-state index in [2.05, 4.69) is 5.10 Å². The Labute approximate surface area is 199 Å². The van der Waals surface area contributed by atoms with E-state index >= 15 is 0 Å². The number of benzene rings is 2. The first-order chi connectivity index (χ1) is 16.1. The molecule has 11 heteroatoms. The van der Waals surface area contributed by atoms with E-state index in [-0.39, 0.29) is 25.6 Å². The molecule has 0 saturated carbocycles. The van der Waals surface area contributed by atoms with Crippen LogP contribution >= 0.6 is 11.6 Å². The van der Waals surface area contributed by atoms with Gasteiger partial charge in [-0.3, -0.25) is 4.79 Å². The van der Waals surface area contributed by atoms with E-state index in [0.717, 1.165) is 6.20 Å². The van der Waals surface area contributed by atoms with Crippen molar-refractivity contribution in [3.63, 3.8) is 0 Å². The van der Waals surface area contributed by atoms with Crippen molar-refractivity contribution in [2.75, 3.05) is 34.0 Å². The van der Waals surface area contributed by atoms with Crippen molar-refractivity contribution >= 4 is 17.5 Å². The predicted molar refractivity (Wildman–Crippen MR) is 119 cm³/mol. The monoisotopic (exact) mass is 494 g/mol. The lowest BCUT2D eigenvalue weighted by Crippen LogP contribution is -2.37. The van der Waals surface area contributed by atoms with Crippen molar-refractivity contribution in [2.24, 2.45) is 0 Å². The van der Waals surface area contributed by atoms with E-state index in [4.69, 9.17) is 21.1 Å². The summed E-state index contributed by atoms with van der Waals surface area (Å²) in [4.78, 5) is 16.7. The summed E-state index contributed by atoms with van der Waals surface area (Å²) in [6.45, 7) is 0.861. The second-order valence-electron chi connectivity index (χ2n) is 8.01. The highest BCUT2D eigenvalue weighted by atomic mass is 35.5.